The second kappa shape index (κ2) is 7.23. The van der Waals surface area contributed by atoms with E-state index in [1.54, 1.807) is 25.2 Å². The minimum Gasteiger partial charge on any atom is -0.382 e. The van der Waals surface area contributed by atoms with Crippen LogP contribution >= 0.6 is 35.0 Å². The van der Waals surface area contributed by atoms with Gasteiger partial charge in [-0.3, -0.25) is 9.36 Å². The first-order valence-electron chi connectivity index (χ1n) is 7.43. The fourth-order valence-corrected chi connectivity index (χ4v) is 3.92. The summed E-state index contributed by atoms with van der Waals surface area (Å²) in [4.78, 5) is 20.3. The van der Waals surface area contributed by atoms with Crippen LogP contribution in [-0.4, -0.2) is 35.7 Å². The predicted octanol–water partition coefficient (Wildman–Crippen LogP) is 2.23. The van der Waals surface area contributed by atoms with Crippen molar-refractivity contribution < 1.29 is 0 Å². The number of aromatic nitrogens is 2. The zero-order valence-corrected chi connectivity index (χ0v) is 15.4. The third-order valence-electron chi connectivity index (χ3n) is 3.78. The number of nitrogen functional groups attached to an aromatic ring is 1. The third kappa shape index (κ3) is 3.35. The summed E-state index contributed by atoms with van der Waals surface area (Å²) in [6.45, 7) is 3.27. The monoisotopic (exact) mass is 385 g/mol. The van der Waals surface area contributed by atoms with E-state index in [2.05, 4.69) is 15.2 Å². The van der Waals surface area contributed by atoms with Gasteiger partial charge in [0.05, 0.1) is 10.0 Å². The van der Waals surface area contributed by atoms with Crippen molar-refractivity contribution in [2.24, 2.45) is 7.05 Å². The summed E-state index contributed by atoms with van der Waals surface area (Å²) >= 11 is 13.4. The molecule has 2 heterocycles. The van der Waals surface area contributed by atoms with Gasteiger partial charge in [-0.05, 0) is 12.1 Å². The SMILES string of the molecule is Cn1c(N2CCNCC2)nc(N)c(Sc2cccc(Cl)c2Cl)c1=O. The van der Waals surface area contributed by atoms with Crippen molar-refractivity contribution in [3.05, 3.63) is 38.6 Å². The highest BCUT2D eigenvalue weighted by atomic mass is 35.5. The zero-order chi connectivity index (χ0) is 17.3. The van der Waals surface area contributed by atoms with Gasteiger partial charge in [-0.1, -0.05) is 41.0 Å². The molecule has 9 heteroatoms. The van der Waals surface area contributed by atoms with Crippen LogP contribution in [-0.2, 0) is 7.05 Å². The maximum atomic E-state index is 12.8. The van der Waals surface area contributed by atoms with E-state index in [9.17, 15) is 4.79 Å². The van der Waals surface area contributed by atoms with E-state index in [0.717, 1.165) is 26.2 Å². The van der Waals surface area contributed by atoms with Gasteiger partial charge < -0.3 is 16.0 Å². The van der Waals surface area contributed by atoms with Gasteiger partial charge in [-0.15, -0.1) is 0 Å². The molecule has 0 spiro atoms. The van der Waals surface area contributed by atoms with Gasteiger partial charge >= 0.3 is 0 Å². The average molecular weight is 386 g/mol. The Hall–Kier alpha value is -1.41. The van der Waals surface area contributed by atoms with Crippen LogP contribution in [0, 0.1) is 0 Å². The largest absolute Gasteiger partial charge is 0.382 e. The van der Waals surface area contributed by atoms with E-state index in [1.165, 1.54) is 16.3 Å². The normalized spacial score (nSPS) is 14.9. The van der Waals surface area contributed by atoms with E-state index < -0.39 is 0 Å². The highest BCUT2D eigenvalue weighted by Crippen LogP contribution is 2.37. The quantitative estimate of drug-likeness (QED) is 0.843. The smallest absolute Gasteiger partial charge is 0.270 e. The van der Waals surface area contributed by atoms with Crippen LogP contribution in [0.4, 0.5) is 11.8 Å². The van der Waals surface area contributed by atoms with Gasteiger partial charge in [0, 0.05) is 38.1 Å². The molecule has 1 aliphatic heterocycles. The number of rotatable bonds is 3. The Morgan fingerprint density at radius 3 is 2.71 bits per heavy atom. The van der Waals surface area contributed by atoms with Crippen LogP contribution in [0.1, 0.15) is 0 Å². The Bertz CT molecular complexity index is 820. The molecule has 0 radical (unpaired) electrons. The predicted molar refractivity (Wildman–Crippen MR) is 99.6 cm³/mol. The molecule has 1 aromatic heterocycles. The van der Waals surface area contributed by atoms with Crippen LogP contribution in [0.15, 0.2) is 32.8 Å². The Labute approximate surface area is 153 Å². The van der Waals surface area contributed by atoms with Crippen molar-refractivity contribution in [1.29, 1.82) is 0 Å². The summed E-state index contributed by atoms with van der Waals surface area (Å²) in [5.74, 6) is 0.785. The van der Waals surface area contributed by atoms with Crippen LogP contribution < -0.4 is 21.5 Å². The molecule has 128 valence electrons. The number of nitrogens with zero attached hydrogens (tertiary/aromatic N) is 3. The van der Waals surface area contributed by atoms with Crippen molar-refractivity contribution in [2.75, 3.05) is 36.8 Å². The molecule has 0 amide bonds. The molecule has 24 heavy (non-hydrogen) atoms. The van der Waals surface area contributed by atoms with Crippen LogP contribution in [0.5, 0.6) is 0 Å². The summed E-state index contributed by atoms with van der Waals surface area (Å²) in [6, 6.07) is 5.27. The summed E-state index contributed by atoms with van der Waals surface area (Å²) < 4.78 is 1.53. The summed E-state index contributed by atoms with van der Waals surface area (Å²) in [5.41, 5.74) is 5.87. The first-order chi connectivity index (χ1) is 11.5. The molecule has 3 N–H and O–H groups in total. The lowest BCUT2D eigenvalue weighted by Crippen LogP contribution is -2.46. The molecular formula is C15H17Cl2N5OS. The second-order valence-electron chi connectivity index (χ2n) is 5.38. The van der Waals surface area contributed by atoms with E-state index in [4.69, 9.17) is 28.9 Å². The Balaban J connectivity index is 1.99. The van der Waals surface area contributed by atoms with Crippen LogP contribution in [0.25, 0.3) is 0 Å². The number of hydrogen-bond donors (Lipinski definition) is 2. The molecule has 0 bridgehead atoms. The first kappa shape index (κ1) is 17.4. The lowest BCUT2D eigenvalue weighted by molar-refractivity contribution is 0.567. The number of hydrogen-bond acceptors (Lipinski definition) is 6. The van der Waals surface area contributed by atoms with Gasteiger partial charge in [0.2, 0.25) is 5.95 Å². The van der Waals surface area contributed by atoms with Crippen molar-refractivity contribution >= 4 is 46.7 Å². The molecule has 2 aromatic rings. The van der Waals surface area contributed by atoms with Gasteiger partial charge in [-0.25, -0.2) is 0 Å². The Morgan fingerprint density at radius 2 is 2.00 bits per heavy atom. The van der Waals surface area contributed by atoms with E-state index in [1.807, 2.05) is 0 Å². The fourth-order valence-electron chi connectivity index (χ4n) is 2.50. The lowest BCUT2D eigenvalue weighted by Gasteiger charge is -2.29. The van der Waals surface area contributed by atoms with Crippen molar-refractivity contribution in [3.63, 3.8) is 0 Å². The maximum absolute atomic E-state index is 12.8. The average Bonchev–Trinajstić information content (AvgIpc) is 2.59. The Kier molecular flexibility index (Phi) is 5.24. The molecule has 1 aromatic carbocycles. The first-order valence-corrected chi connectivity index (χ1v) is 9.00. The molecule has 0 aliphatic carbocycles. The summed E-state index contributed by atoms with van der Waals surface area (Å²) in [7, 11) is 1.70. The molecule has 0 unspecified atom stereocenters. The highest BCUT2D eigenvalue weighted by molar-refractivity contribution is 7.99. The molecule has 0 atom stereocenters. The highest BCUT2D eigenvalue weighted by Gasteiger charge is 2.20. The molecule has 1 saturated heterocycles. The van der Waals surface area contributed by atoms with Gasteiger partial charge in [-0.2, -0.15) is 4.98 Å². The topological polar surface area (TPSA) is 76.2 Å². The standard InChI is InChI=1S/C15H17Cl2N5OS/c1-21-14(23)12(24-10-4-2-3-9(16)11(10)17)13(18)20-15(21)22-7-5-19-6-8-22/h2-4,19H,5-8,18H2,1H3. The maximum Gasteiger partial charge on any atom is 0.270 e. The van der Waals surface area contributed by atoms with Crippen LogP contribution in [0.3, 0.4) is 0 Å². The molecule has 0 saturated carbocycles. The van der Waals surface area contributed by atoms with E-state index in [-0.39, 0.29) is 11.4 Å². The molecule has 1 aliphatic rings. The molecule has 6 nitrogen and oxygen atoms in total. The number of halogens is 2. The van der Waals surface area contributed by atoms with Gasteiger partial charge in [0.1, 0.15) is 10.7 Å². The number of nitrogens with two attached hydrogens (primary N) is 1. The number of nitrogens with one attached hydrogen (secondary N) is 1. The van der Waals surface area contributed by atoms with Gasteiger partial charge in [0.25, 0.3) is 5.56 Å². The van der Waals surface area contributed by atoms with Crippen molar-refractivity contribution in [1.82, 2.24) is 14.9 Å². The summed E-state index contributed by atoms with van der Waals surface area (Å²) in [6.07, 6.45) is 0. The minimum absolute atomic E-state index is 0.197. The molecular weight excluding hydrogens is 369 g/mol. The van der Waals surface area contributed by atoms with E-state index >= 15 is 0 Å². The number of piperazine rings is 1. The van der Waals surface area contributed by atoms with Gasteiger partial charge in [0.15, 0.2) is 0 Å². The van der Waals surface area contributed by atoms with Crippen LogP contribution in [0.2, 0.25) is 10.0 Å². The Morgan fingerprint density at radius 1 is 1.29 bits per heavy atom. The van der Waals surface area contributed by atoms with Crippen molar-refractivity contribution in [3.8, 4) is 0 Å². The van der Waals surface area contributed by atoms with Crippen molar-refractivity contribution in [2.45, 2.75) is 9.79 Å². The zero-order valence-electron chi connectivity index (χ0n) is 13.1. The number of benzene rings is 1. The fraction of sp³-hybridized carbons (Fsp3) is 0.333. The summed E-state index contributed by atoms with van der Waals surface area (Å²) in [5, 5.41) is 4.10. The minimum atomic E-state index is -0.197. The third-order valence-corrected chi connectivity index (χ3v) is 5.86. The lowest BCUT2D eigenvalue weighted by atomic mass is 10.4. The van der Waals surface area contributed by atoms with E-state index in [0.29, 0.717) is 25.8 Å². The number of anilines is 2. The molecule has 3 rings (SSSR count). The molecule has 1 fully saturated rings. The second-order valence-corrected chi connectivity index (χ2v) is 7.22.